The lowest BCUT2D eigenvalue weighted by atomic mass is 9.91. The number of ether oxygens (including phenoxy) is 1. The van der Waals surface area contributed by atoms with E-state index >= 15 is 0 Å². The summed E-state index contributed by atoms with van der Waals surface area (Å²) < 4.78 is 5.39. The van der Waals surface area contributed by atoms with E-state index in [2.05, 4.69) is 32.9 Å². The molecule has 1 rings (SSSR count). The van der Waals surface area contributed by atoms with Crippen molar-refractivity contribution in [3.05, 3.63) is 29.3 Å². The summed E-state index contributed by atoms with van der Waals surface area (Å²) in [5, 5.41) is 0. The Kier molecular flexibility index (Phi) is 5.49. The third-order valence-corrected chi connectivity index (χ3v) is 3.53. The van der Waals surface area contributed by atoms with Gasteiger partial charge in [-0.15, -0.1) is 0 Å². The average molecular weight is 235 g/mol. The molecule has 2 heteroatoms. The summed E-state index contributed by atoms with van der Waals surface area (Å²) in [6, 6.07) is 6.30. The zero-order valence-electron chi connectivity index (χ0n) is 11.5. The lowest BCUT2D eigenvalue weighted by molar-refractivity contribution is 0.383. The highest BCUT2D eigenvalue weighted by Crippen LogP contribution is 2.30. The quantitative estimate of drug-likeness (QED) is 0.813. The van der Waals surface area contributed by atoms with Crippen molar-refractivity contribution in [2.24, 2.45) is 11.7 Å². The van der Waals surface area contributed by atoms with Crippen molar-refractivity contribution in [1.82, 2.24) is 0 Å². The molecule has 0 amide bonds. The fraction of sp³-hybridized carbons (Fsp3) is 0.600. The first-order valence-corrected chi connectivity index (χ1v) is 6.52. The van der Waals surface area contributed by atoms with Gasteiger partial charge in [-0.25, -0.2) is 0 Å². The van der Waals surface area contributed by atoms with Gasteiger partial charge < -0.3 is 10.5 Å². The third kappa shape index (κ3) is 3.74. The topological polar surface area (TPSA) is 35.2 Å². The Labute approximate surface area is 105 Å². The number of aryl methyl sites for hydroxylation is 1. The van der Waals surface area contributed by atoms with Gasteiger partial charge in [-0.3, -0.25) is 0 Å². The van der Waals surface area contributed by atoms with Gasteiger partial charge in [0.05, 0.1) is 7.11 Å². The zero-order valence-corrected chi connectivity index (χ0v) is 11.5. The normalized spacial score (nSPS) is 12.8. The Morgan fingerprint density at radius 2 is 1.88 bits per heavy atom. The molecule has 2 nitrogen and oxygen atoms in total. The zero-order chi connectivity index (χ0) is 12.8. The van der Waals surface area contributed by atoms with Crippen LogP contribution in [0.4, 0.5) is 0 Å². The van der Waals surface area contributed by atoms with Crippen molar-refractivity contribution in [3.63, 3.8) is 0 Å². The SMILES string of the molecule is CCC(CC)CC(N)c1cc(C)ccc1OC. The number of benzene rings is 1. The molecule has 0 radical (unpaired) electrons. The highest BCUT2D eigenvalue weighted by molar-refractivity contribution is 5.39. The molecule has 0 spiro atoms. The largest absolute Gasteiger partial charge is 0.496 e. The molecule has 1 unspecified atom stereocenters. The summed E-state index contributed by atoms with van der Waals surface area (Å²) in [6.45, 7) is 6.55. The molecule has 1 atom stereocenters. The van der Waals surface area contributed by atoms with Crippen LogP contribution in [0.1, 0.15) is 50.3 Å². The van der Waals surface area contributed by atoms with Crippen LogP contribution in [0.3, 0.4) is 0 Å². The van der Waals surface area contributed by atoms with Gasteiger partial charge in [-0.2, -0.15) is 0 Å². The molecule has 0 bridgehead atoms. The molecular formula is C15H25NO. The Balaban J connectivity index is 2.86. The van der Waals surface area contributed by atoms with Crippen LogP contribution < -0.4 is 10.5 Å². The van der Waals surface area contributed by atoms with Crippen molar-refractivity contribution >= 4 is 0 Å². The van der Waals surface area contributed by atoms with Crippen LogP contribution >= 0.6 is 0 Å². The number of hydrogen-bond acceptors (Lipinski definition) is 2. The average Bonchev–Trinajstić information content (AvgIpc) is 2.35. The van der Waals surface area contributed by atoms with E-state index in [1.807, 2.05) is 6.07 Å². The van der Waals surface area contributed by atoms with Crippen molar-refractivity contribution < 1.29 is 4.74 Å². The van der Waals surface area contributed by atoms with Crippen molar-refractivity contribution in [1.29, 1.82) is 0 Å². The first kappa shape index (κ1) is 14.0. The molecule has 0 aliphatic rings. The predicted molar refractivity (Wildman–Crippen MR) is 73.3 cm³/mol. The lowest BCUT2D eigenvalue weighted by Gasteiger charge is -2.21. The summed E-state index contributed by atoms with van der Waals surface area (Å²) >= 11 is 0. The Hall–Kier alpha value is -1.02. The van der Waals surface area contributed by atoms with Crippen molar-refractivity contribution in [3.8, 4) is 5.75 Å². The molecule has 1 aromatic rings. The van der Waals surface area contributed by atoms with Gasteiger partial charge in [0.2, 0.25) is 0 Å². The maximum Gasteiger partial charge on any atom is 0.123 e. The first-order chi connectivity index (χ1) is 8.12. The van der Waals surface area contributed by atoms with E-state index in [1.54, 1.807) is 7.11 Å². The number of hydrogen-bond donors (Lipinski definition) is 1. The van der Waals surface area contributed by atoms with Gasteiger partial charge in [-0.1, -0.05) is 44.4 Å². The number of methoxy groups -OCH3 is 1. The smallest absolute Gasteiger partial charge is 0.123 e. The fourth-order valence-electron chi connectivity index (χ4n) is 2.25. The van der Waals surface area contributed by atoms with Crippen LogP contribution in [0, 0.1) is 12.8 Å². The predicted octanol–water partition coefficient (Wildman–Crippen LogP) is 3.83. The maximum atomic E-state index is 6.31. The second-order valence-corrected chi connectivity index (χ2v) is 4.77. The van der Waals surface area contributed by atoms with Gasteiger partial charge in [0.25, 0.3) is 0 Å². The molecule has 0 saturated carbocycles. The fourth-order valence-corrected chi connectivity index (χ4v) is 2.25. The minimum Gasteiger partial charge on any atom is -0.496 e. The molecule has 2 N–H and O–H groups in total. The van der Waals surface area contributed by atoms with E-state index in [0.29, 0.717) is 5.92 Å². The molecule has 0 saturated heterocycles. The van der Waals surface area contributed by atoms with Crippen LogP contribution in [0.25, 0.3) is 0 Å². The summed E-state index contributed by atoms with van der Waals surface area (Å²) in [4.78, 5) is 0. The Morgan fingerprint density at radius 1 is 1.24 bits per heavy atom. The van der Waals surface area contributed by atoms with E-state index in [1.165, 1.54) is 18.4 Å². The molecular weight excluding hydrogens is 210 g/mol. The van der Waals surface area contributed by atoms with Gasteiger partial charge in [0.15, 0.2) is 0 Å². The molecule has 0 aliphatic heterocycles. The molecule has 0 aliphatic carbocycles. The minimum absolute atomic E-state index is 0.0785. The van der Waals surface area contributed by atoms with Crippen LogP contribution in [0.2, 0.25) is 0 Å². The van der Waals surface area contributed by atoms with Crippen molar-refractivity contribution in [2.45, 2.75) is 46.1 Å². The van der Waals surface area contributed by atoms with Crippen LogP contribution in [-0.4, -0.2) is 7.11 Å². The van der Waals surface area contributed by atoms with Crippen LogP contribution in [-0.2, 0) is 0 Å². The summed E-state index contributed by atoms with van der Waals surface area (Å²) in [5.74, 6) is 1.62. The van der Waals surface area contributed by atoms with Gasteiger partial charge in [-0.05, 0) is 25.3 Å². The standard InChI is InChI=1S/C15H25NO/c1-5-12(6-2)10-14(16)13-9-11(3)7-8-15(13)17-4/h7-9,12,14H,5-6,10,16H2,1-4H3. The molecule has 0 aromatic heterocycles. The summed E-state index contributed by atoms with van der Waals surface area (Å²) in [5.41, 5.74) is 8.69. The summed E-state index contributed by atoms with van der Waals surface area (Å²) in [6.07, 6.45) is 3.42. The van der Waals surface area contributed by atoms with Crippen LogP contribution in [0.5, 0.6) is 5.75 Å². The molecule has 0 heterocycles. The monoisotopic (exact) mass is 235 g/mol. The Morgan fingerprint density at radius 3 is 2.41 bits per heavy atom. The third-order valence-electron chi connectivity index (χ3n) is 3.53. The second kappa shape index (κ2) is 6.65. The number of rotatable bonds is 6. The highest BCUT2D eigenvalue weighted by Gasteiger charge is 2.16. The van der Waals surface area contributed by atoms with Crippen LogP contribution in [0.15, 0.2) is 18.2 Å². The highest BCUT2D eigenvalue weighted by atomic mass is 16.5. The van der Waals surface area contributed by atoms with Gasteiger partial charge >= 0.3 is 0 Å². The summed E-state index contributed by atoms with van der Waals surface area (Å²) in [7, 11) is 1.71. The Bertz CT molecular complexity index is 345. The van der Waals surface area contributed by atoms with Gasteiger partial charge in [0, 0.05) is 11.6 Å². The lowest BCUT2D eigenvalue weighted by Crippen LogP contribution is -2.16. The first-order valence-electron chi connectivity index (χ1n) is 6.52. The van der Waals surface area contributed by atoms with Crippen molar-refractivity contribution in [2.75, 3.05) is 7.11 Å². The minimum atomic E-state index is 0.0785. The molecule has 96 valence electrons. The van der Waals surface area contributed by atoms with E-state index in [9.17, 15) is 0 Å². The van der Waals surface area contributed by atoms with E-state index in [4.69, 9.17) is 10.5 Å². The van der Waals surface area contributed by atoms with Gasteiger partial charge in [0.1, 0.15) is 5.75 Å². The number of nitrogens with two attached hydrogens (primary N) is 1. The van der Waals surface area contributed by atoms with E-state index in [0.717, 1.165) is 17.7 Å². The maximum absolute atomic E-state index is 6.31. The van der Waals surface area contributed by atoms with E-state index in [-0.39, 0.29) is 6.04 Å². The molecule has 17 heavy (non-hydrogen) atoms. The molecule has 1 aromatic carbocycles. The second-order valence-electron chi connectivity index (χ2n) is 4.77. The molecule has 0 fully saturated rings. The van der Waals surface area contributed by atoms with E-state index < -0.39 is 0 Å².